The van der Waals surface area contributed by atoms with Crippen LogP contribution in [0.3, 0.4) is 0 Å². The van der Waals surface area contributed by atoms with Gasteiger partial charge in [0.1, 0.15) is 6.04 Å². The van der Waals surface area contributed by atoms with Crippen molar-refractivity contribution >= 4 is 5.97 Å². The molecule has 1 unspecified atom stereocenters. The Bertz CT molecular complexity index is 458. The minimum absolute atomic E-state index is 0.159. The minimum Gasteiger partial charge on any atom is -0.505 e. The molecule has 3 N–H and O–H groups in total. The number of carboxylic acid groups (broad SMARTS) is 1. The zero-order chi connectivity index (χ0) is 13.8. The summed E-state index contributed by atoms with van der Waals surface area (Å²) in [5.74, 6) is -2.30. The van der Waals surface area contributed by atoms with Gasteiger partial charge in [0.2, 0.25) is 0 Å². The van der Waals surface area contributed by atoms with Gasteiger partial charge in [-0.2, -0.15) is 0 Å². The summed E-state index contributed by atoms with van der Waals surface area (Å²) in [6, 6.07) is 2.92. The van der Waals surface area contributed by atoms with Gasteiger partial charge in [-0.25, -0.2) is 4.39 Å². The molecule has 0 aromatic heterocycles. The summed E-state index contributed by atoms with van der Waals surface area (Å²) in [7, 11) is 0. The third-order valence-electron chi connectivity index (χ3n) is 3.56. The van der Waals surface area contributed by atoms with Crippen LogP contribution in [0.15, 0.2) is 18.2 Å². The van der Waals surface area contributed by atoms with E-state index in [9.17, 15) is 14.3 Å². The highest BCUT2D eigenvalue weighted by molar-refractivity contribution is 5.75. The Morgan fingerprint density at radius 3 is 2.58 bits per heavy atom. The molecule has 1 aromatic carbocycles. The van der Waals surface area contributed by atoms with Crippen molar-refractivity contribution in [1.29, 1.82) is 0 Å². The number of hydrogen-bond donors (Lipinski definition) is 3. The van der Waals surface area contributed by atoms with Gasteiger partial charge in [-0.1, -0.05) is 25.3 Å². The van der Waals surface area contributed by atoms with Crippen LogP contribution in [0.25, 0.3) is 0 Å². The Labute approximate surface area is 111 Å². The van der Waals surface area contributed by atoms with Gasteiger partial charge in [0, 0.05) is 6.04 Å². The van der Waals surface area contributed by atoms with Gasteiger partial charge in [0.25, 0.3) is 0 Å². The predicted octanol–water partition coefficient (Wildman–Crippen LogP) is 2.58. The Morgan fingerprint density at radius 1 is 1.32 bits per heavy atom. The van der Waals surface area contributed by atoms with E-state index in [2.05, 4.69) is 5.32 Å². The topological polar surface area (TPSA) is 69.6 Å². The molecule has 0 radical (unpaired) electrons. The second-order valence-electron chi connectivity index (χ2n) is 4.98. The smallest absolute Gasteiger partial charge is 0.325 e. The number of benzene rings is 1. The maximum atomic E-state index is 13.3. The predicted molar refractivity (Wildman–Crippen MR) is 68.5 cm³/mol. The van der Waals surface area contributed by atoms with E-state index in [-0.39, 0.29) is 6.04 Å². The number of halogens is 1. The van der Waals surface area contributed by atoms with Crippen LogP contribution in [0.2, 0.25) is 0 Å². The second-order valence-corrected chi connectivity index (χ2v) is 4.98. The van der Waals surface area contributed by atoms with Crippen LogP contribution in [0.4, 0.5) is 4.39 Å². The molecule has 2 rings (SSSR count). The Kier molecular flexibility index (Phi) is 4.37. The summed E-state index contributed by atoms with van der Waals surface area (Å²) in [5.41, 5.74) is 0.327. The molecule has 104 valence electrons. The van der Waals surface area contributed by atoms with Crippen LogP contribution in [0.1, 0.15) is 43.7 Å². The van der Waals surface area contributed by atoms with Crippen molar-refractivity contribution < 1.29 is 19.4 Å². The van der Waals surface area contributed by atoms with Gasteiger partial charge >= 0.3 is 5.97 Å². The summed E-state index contributed by atoms with van der Waals surface area (Å²) >= 11 is 0. The average molecular weight is 267 g/mol. The molecular formula is C14H18FNO3. The molecule has 0 aliphatic heterocycles. The van der Waals surface area contributed by atoms with Crippen LogP contribution < -0.4 is 5.32 Å². The summed E-state index contributed by atoms with van der Waals surface area (Å²) in [6.07, 6.45) is 5.26. The molecule has 19 heavy (non-hydrogen) atoms. The molecule has 5 heteroatoms. The number of phenolic OH excluding ortho intramolecular Hbond substituents is 1. The third-order valence-corrected chi connectivity index (χ3v) is 3.56. The highest BCUT2D eigenvalue weighted by Crippen LogP contribution is 2.24. The number of aliphatic carboxylic acids is 1. The molecule has 0 saturated heterocycles. The fraction of sp³-hybridized carbons (Fsp3) is 0.500. The summed E-state index contributed by atoms with van der Waals surface area (Å²) < 4.78 is 13.3. The maximum Gasteiger partial charge on any atom is 0.325 e. The molecule has 1 fully saturated rings. The van der Waals surface area contributed by atoms with Crippen LogP contribution in [-0.4, -0.2) is 22.2 Å². The standard InChI is InChI=1S/C14H18FNO3/c15-11-8-9(6-7-12(11)17)13(14(18)19)16-10-4-2-1-3-5-10/h6-8,10,13,16-17H,1-5H2,(H,18,19). The highest BCUT2D eigenvalue weighted by atomic mass is 19.1. The number of carbonyl (C=O) groups is 1. The van der Waals surface area contributed by atoms with Crippen LogP contribution in [0.5, 0.6) is 5.75 Å². The SMILES string of the molecule is O=C(O)C(NC1CCCCC1)c1ccc(O)c(F)c1. The number of phenols is 1. The lowest BCUT2D eigenvalue weighted by atomic mass is 9.94. The summed E-state index contributed by atoms with van der Waals surface area (Å²) in [5, 5.41) is 21.5. The molecule has 0 amide bonds. The molecule has 1 saturated carbocycles. The van der Waals surface area contributed by atoms with E-state index in [0.717, 1.165) is 31.7 Å². The van der Waals surface area contributed by atoms with Crippen LogP contribution in [0, 0.1) is 5.82 Å². The zero-order valence-electron chi connectivity index (χ0n) is 10.6. The van der Waals surface area contributed by atoms with Crippen molar-refractivity contribution in [3.8, 4) is 5.75 Å². The first-order valence-corrected chi connectivity index (χ1v) is 6.55. The van der Waals surface area contributed by atoms with Crippen molar-refractivity contribution in [2.24, 2.45) is 0 Å². The van der Waals surface area contributed by atoms with Crippen LogP contribution >= 0.6 is 0 Å². The van der Waals surface area contributed by atoms with Crippen molar-refractivity contribution in [3.63, 3.8) is 0 Å². The lowest BCUT2D eigenvalue weighted by molar-refractivity contribution is -0.140. The number of nitrogens with one attached hydrogen (secondary N) is 1. The fourth-order valence-corrected chi connectivity index (χ4v) is 2.52. The second kappa shape index (κ2) is 6.02. The van der Waals surface area contributed by atoms with Gasteiger partial charge in [0.05, 0.1) is 0 Å². The number of hydrogen-bond acceptors (Lipinski definition) is 3. The molecular weight excluding hydrogens is 249 g/mol. The maximum absolute atomic E-state index is 13.3. The van der Waals surface area contributed by atoms with Gasteiger partial charge in [-0.15, -0.1) is 0 Å². The minimum atomic E-state index is -1.03. The highest BCUT2D eigenvalue weighted by Gasteiger charge is 2.25. The van der Waals surface area contributed by atoms with E-state index < -0.39 is 23.6 Å². The Morgan fingerprint density at radius 2 is 2.00 bits per heavy atom. The van der Waals surface area contributed by atoms with Crippen LogP contribution in [-0.2, 0) is 4.79 Å². The number of aromatic hydroxyl groups is 1. The average Bonchev–Trinajstić information content (AvgIpc) is 2.40. The van der Waals surface area contributed by atoms with E-state index >= 15 is 0 Å². The van der Waals surface area contributed by atoms with Crippen molar-refractivity contribution in [1.82, 2.24) is 5.32 Å². The van der Waals surface area contributed by atoms with Gasteiger partial charge in [-0.05, 0) is 30.5 Å². The number of rotatable bonds is 4. The molecule has 0 heterocycles. The monoisotopic (exact) mass is 267 g/mol. The van der Waals surface area contributed by atoms with Crippen molar-refractivity contribution in [3.05, 3.63) is 29.6 Å². The molecule has 1 atom stereocenters. The summed E-state index contributed by atoms with van der Waals surface area (Å²) in [4.78, 5) is 11.3. The largest absolute Gasteiger partial charge is 0.505 e. The van der Waals surface area contributed by atoms with E-state index in [1.165, 1.54) is 18.6 Å². The van der Waals surface area contributed by atoms with E-state index in [1.807, 2.05) is 0 Å². The first-order chi connectivity index (χ1) is 9.08. The zero-order valence-corrected chi connectivity index (χ0v) is 10.6. The van der Waals surface area contributed by atoms with Crippen molar-refractivity contribution in [2.45, 2.75) is 44.2 Å². The van der Waals surface area contributed by atoms with E-state index in [1.54, 1.807) is 0 Å². The number of carboxylic acids is 1. The lowest BCUT2D eigenvalue weighted by Crippen LogP contribution is -2.38. The molecule has 1 aliphatic rings. The van der Waals surface area contributed by atoms with Gasteiger partial charge in [0.15, 0.2) is 11.6 Å². The van der Waals surface area contributed by atoms with E-state index in [0.29, 0.717) is 5.56 Å². The normalized spacial score (nSPS) is 18.2. The molecule has 1 aromatic rings. The molecule has 4 nitrogen and oxygen atoms in total. The summed E-state index contributed by atoms with van der Waals surface area (Å²) in [6.45, 7) is 0. The molecule has 0 spiro atoms. The quantitative estimate of drug-likeness (QED) is 0.784. The first kappa shape index (κ1) is 13.8. The third kappa shape index (κ3) is 3.44. The Balaban J connectivity index is 2.14. The van der Waals surface area contributed by atoms with E-state index in [4.69, 9.17) is 5.11 Å². The van der Waals surface area contributed by atoms with Gasteiger partial charge in [-0.3, -0.25) is 10.1 Å². The molecule has 0 bridgehead atoms. The van der Waals surface area contributed by atoms with Crippen molar-refractivity contribution in [2.75, 3.05) is 0 Å². The fourth-order valence-electron chi connectivity index (χ4n) is 2.52. The Hall–Kier alpha value is -1.62. The first-order valence-electron chi connectivity index (χ1n) is 6.55. The lowest BCUT2D eigenvalue weighted by Gasteiger charge is -2.26. The van der Waals surface area contributed by atoms with Gasteiger partial charge < -0.3 is 10.2 Å². The molecule has 1 aliphatic carbocycles.